The number of fused-ring (bicyclic) bond motifs is 4. The first kappa shape index (κ1) is 51.5. The Bertz CT molecular complexity index is 3420. The van der Waals surface area contributed by atoms with Crippen LogP contribution in [0.15, 0.2) is 164 Å². The number of anilines is 7. The van der Waals surface area contributed by atoms with Crippen LogP contribution in [-0.2, 0) is 48.1 Å². The van der Waals surface area contributed by atoms with Crippen molar-refractivity contribution < 1.29 is 21.1 Å². The van der Waals surface area contributed by atoms with Crippen LogP contribution in [0.3, 0.4) is 0 Å². The standard InChI is InChI=1S/C67H70N5.Pt/c1-63(2,3)46-35-47(64(4,5)6)38-50(37-46)67(13,14)45-33-34-68-62(41-45)72-58-28-19-18-27-56(58)57-32-31-54(43-61(57)72)71(51-23-16-15-17-24-51)53-26-22-25-52(42-53)69-44-70(60-30-21-20-29-59(60)69)55-39-48(65(7,8)9)36-49(40-55)66(10,11)12;/h15-41,44H,1-14H3;/q-3;. The molecule has 376 valence electrons. The molecule has 0 radical (unpaired) electrons. The number of rotatable bonds is 8. The van der Waals surface area contributed by atoms with E-state index in [-0.39, 0.29) is 48.1 Å². The average Bonchev–Trinajstić information content (AvgIpc) is 3.89. The van der Waals surface area contributed by atoms with Crippen LogP contribution in [0.5, 0.6) is 0 Å². The van der Waals surface area contributed by atoms with Gasteiger partial charge in [-0.25, -0.2) is 4.98 Å². The molecule has 0 fully saturated rings. The molecule has 2 aromatic heterocycles. The molecule has 0 atom stereocenters. The minimum atomic E-state index is -0.312. The van der Waals surface area contributed by atoms with Gasteiger partial charge >= 0.3 is 0 Å². The second kappa shape index (κ2) is 18.8. The van der Waals surface area contributed by atoms with Gasteiger partial charge in [0.25, 0.3) is 0 Å². The normalized spacial score (nSPS) is 13.4. The summed E-state index contributed by atoms with van der Waals surface area (Å²) in [7, 11) is 0. The van der Waals surface area contributed by atoms with Crippen molar-refractivity contribution in [2.75, 3.05) is 14.7 Å². The SMILES string of the molecule is CC(C)(C)c1cc(N2[CH-]N(c3[c-]c(N(c4[c-]c5c(cc4)c4ccccc4n5-c4cc(C(C)(C)c5cc(C(C)(C)C)cc(C(C)(C)C)c5)ccn4)c4ccccc4)ccc3)c3ccccc32)cc(C(C)(C)C)c1.[Pt]. The summed E-state index contributed by atoms with van der Waals surface area (Å²) >= 11 is 0. The Balaban J connectivity index is 0.00000656. The number of nitrogens with zero attached hydrogens (tertiary/aromatic N) is 5. The molecule has 0 saturated carbocycles. The Morgan fingerprint density at radius 3 is 1.60 bits per heavy atom. The van der Waals surface area contributed by atoms with Gasteiger partial charge in [0.2, 0.25) is 0 Å². The average molecular weight is 1140 g/mol. The van der Waals surface area contributed by atoms with Gasteiger partial charge in [-0.15, -0.1) is 48.1 Å². The largest absolute Gasteiger partial charge is 0.493 e. The maximum atomic E-state index is 5.14. The molecule has 10 rings (SSSR count). The molecular weight excluding hydrogens is 1070 g/mol. The molecule has 0 bridgehead atoms. The second-order valence-electron chi connectivity index (χ2n) is 24.5. The number of aromatic nitrogens is 2. The Kier molecular flexibility index (Phi) is 13.3. The molecule has 0 saturated heterocycles. The smallest absolute Gasteiger partial charge is 0.135 e. The number of hydrogen-bond donors (Lipinski definition) is 0. The summed E-state index contributed by atoms with van der Waals surface area (Å²) in [4.78, 5) is 12.0. The van der Waals surface area contributed by atoms with E-state index in [4.69, 9.17) is 4.98 Å². The molecule has 5 nitrogen and oxygen atoms in total. The first-order valence-corrected chi connectivity index (χ1v) is 25.6. The topological polar surface area (TPSA) is 27.5 Å². The molecule has 0 aliphatic carbocycles. The number of pyridine rings is 1. The molecule has 0 spiro atoms. The molecule has 6 heteroatoms. The fourth-order valence-corrected chi connectivity index (χ4v) is 10.0. The van der Waals surface area contributed by atoms with Crippen LogP contribution in [0.25, 0.3) is 27.6 Å². The molecule has 1 aliphatic rings. The van der Waals surface area contributed by atoms with Crippen LogP contribution in [0.4, 0.5) is 39.8 Å². The van der Waals surface area contributed by atoms with Crippen LogP contribution >= 0.6 is 0 Å². The van der Waals surface area contributed by atoms with Crippen LogP contribution < -0.4 is 14.7 Å². The summed E-state index contributed by atoms with van der Waals surface area (Å²) in [6.45, 7) is 34.6. The monoisotopic (exact) mass is 1140 g/mol. The number of para-hydroxylation sites is 4. The zero-order valence-corrected chi connectivity index (χ0v) is 47.5. The first-order valence-electron chi connectivity index (χ1n) is 25.6. The maximum Gasteiger partial charge on any atom is 0.135 e. The zero-order valence-electron chi connectivity index (χ0n) is 45.2. The first-order chi connectivity index (χ1) is 34.0. The minimum absolute atomic E-state index is 0. The zero-order chi connectivity index (χ0) is 51.1. The van der Waals surface area contributed by atoms with E-state index in [0.29, 0.717) is 0 Å². The Morgan fingerprint density at radius 2 is 0.986 bits per heavy atom. The molecule has 0 unspecified atom stereocenters. The van der Waals surface area contributed by atoms with Gasteiger partial charge in [0.1, 0.15) is 5.82 Å². The Hall–Kier alpha value is -6.42. The van der Waals surface area contributed by atoms with Crippen molar-refractivity contribution in [1.29, 1.82) is 0 Å². The Labute approximate surface area is 450 Å². The Morgan fingerprint density at radius 1 is 0.452 bits per heavy atom. The van der Waals surface area contributed by atoms with Crippen molar-refractivity contribution in [1.82, 2.24) is 9.55 Å². The molecule has 73 heavy (non-hydrogen) atoms. The van der Waals surface area contributed by atoms with Crippen molar-refractivity contribution in [3.63, 3.8) is 0 Å². The summed E-state index contributed by atoms with van der Waals surface area (Å²) in [6, 6.07) is 65.5. The second-order valence-corrected chi connectivity index (χ2v) is 24.5. The third kappa shape index (κ3) is 9.79. The van der Waals surface area contributed by atoms with E-state index in [9.17, 15) is 0 Å². The molecule has 0 amide bonds. The minimum Gasteiger partial charge on any atom is -0.493 e. The van der Waals surface area contributed by atoms with Gasteiger partial charge < -0.3 is 19.3 Å². The van der Waals surface area contributed by atoms with Crippen LogP contribution in [0.2, 0.25) is 0 Å². The van der Waals surface area contributed by atoms with E-state index in [1.54, 1.807) is 0 Å². The van der Waals surface area contributed by atoms with Crippen LogP contribution in [0.1, 0.15) is 130 Å². The van der Waals surface area contributed by atoms with E-state index in [1.807, 2.05) is 6.20 Å². The predicted molar refractivity (Wildman–Crippen MR) is 306 cm³/mol. The quantitative estimate of drug-likeness (QED) is 0.142. The van der Waals surface area contributed by atoms with Crippen molar-refractivity contribution in [2.45, 2.75) is 124 Å². The van der Waals surface area contributed by atoms with Gasteiger partial charge in [-0.1, -0.05) is 187 Å². The molecule has 7 aromatic carbocycles. The number of hydrogen-bond acceptors (Lipinski definition) is 4. The molecule has 3 heterocycles. The summed E-state index contributed by atoms with van der Waals surface area (Å²) in [5.41, 5.74) is 16.7. The van der Waals surface area contributed by atoms with Gasteiger partial charge in [-0.3, -0.25) is 0 Å². The van der Waals surface area contributed by atoms with Crippen LogP contribution in [-0.4, -0.2) is 9.55 Å². The van der Waals surface area contributed by atoms with Crippen molar-refractivity contribution in [3.8, 4) is 5.82 Å². The summed E-state index contributed by atoms with van der Waals surface area (Å²) < 4.78 is 2.30. The summed E-state index contributed by atoms with van der Waals surface area (Å²) in [5.74, 6) is 0.860. The van der Waals surface area contributed by atoms with Crippen molar-refractivity contribution >= 4 is 61.6 Å². The van der Waals surface area contributed by atoms with Crippen molar-refractivity contribution in [3.05, 3.63) is 216 Å². The molecule has 1 aliphatic heterocycles. The van der Waals surface area contributed by atoms with Crippen molar-refractivity contribution in [2.24, 2.45) is 0 Å². The molecule has 9 aromatic rings. The summed E-state index contributed by atoms with van der Waals surface area (Å²) in [6.07, 6.45) is 1.98. The van der Waals surface area contributed by atoms with E-state index in [1.165, 1.54) is 33.4 Å². The van der Waals surface area contributed by atoms with E-state index < -0.39 is 0 Å². The third-order valence-electron chi connectivity index (χ3n) is 14.7. The molecule has 0 N–H and O–H groups in total. The van der Waals surface area contributed by atoms with Crippen LogP contribution in [0, 0.1) is 18.8 Å². The fraction of sp³-hybridized carbons (Fsp3) is 0.284. The molecular formula is C67H70N5Pt-3. The third-order valence-corrected chi connectivity index (χ3v) is 14.7. The van der Waals surface area contributed by atoms with E-state index in [2.05, 4.69) is 293 Å². The van der Waals surface area contributed by atoms with E-state index in [0.717, 1.165) is 67.4 Å². The number of benzene rings is 7. The van der Waals surface area contributed by atoms with Gasteiger partial charge in [0.05, 0.1) is 0 Å². The maximum absolute atomic E-state index is 5.14. The van der Waals surface area contributed by atoms with Gasteiger partial charge in [0.15, 0.2) is 0 Å². The van der Waals surface area contributed by atoms with E-state index >= 15 is 0 Å². The fourth-order valence-electron chi connectivity index (χ4n) is 10.0. The predicted octanol–water partition coefficient (Wildman–Crippen LogP) is 18.2. The van der Waals surface area contributed by atoms with Gasteiger partial charge in [-0.2, -0.15) is 12.1 Å². The summed E-state index contributed by atoms with van der Waals surface area (Å²) in [5, 5.41) is 2.28. The van der Waals surface area contributed by atoms with Gasteiger partial charge in [0, 0.05) is 60.9 Å². The van der Waals surface area contributed by atoms with Gasteiger partial charge in [-0.05, 0) is 115 Å².